The Labute approximate surface area is 206 Å². The number of imide groups is 1. The summed E-state index contributed by atoms with van der Waals surface area (Å²) >= 11 is 9.33. The molecule has 1 aliphatic rings. The van der Waals surface area contributed by atoms with Crippen LogP contribution in [-0.4, -0.2) is 28.7 Å². The van der Waals surface area contributed by atoms with Crippen LogP contribution in [0.3, 0.4) is 0 Å². The maximum Gasteiger partial charge on any atom is 0.257 e. The molecule has 3 aromatic carbocycles. The van der Waals surface area contributed by atoms with Gasteiger partial charge in [0.25, 0.3) is 5.91 Å². The third-order valence-electron chi connectivity index (χ3n) is 5.65. The summed E-state index contributed by atoms with van der Waals surface area (Å²) in [5, 5.41) is 0.587. The van der Waals surface area contributed by atoms with E-state index in [1.54, 1.807) is 48.5 Å². The molecular formula is C26H22BrClN2O3. The number of hydrogen-bond acceptors (Lipinski definition) is 3. The average Bonchev–Trinajstić information content (AvgIpc) is 3.09. The van der Waals surface area contributed by atoms with E-state index in [1.165, 1.54) is 9.80 Å². The summed E-state index contributed by atoms with van der Waals surface area (Å²) in [6, 6.07) is 21.0. The van der Waals surface area contributed by atoms with Gasteiger partial charge >= 0.3 is 0 Å². The molecule has 3 aromatic rings. The average molecular weight is 526 g/mol. The molecule has 0 aliphatic carbocycles. The summed E-state index contributed by atoms with van der Waals surface area (Å²) in [6.07, 6.45) is 0.0619. The Morgan fingerprint density at radius 3 is 2.21 bits per heavy atom. The monoisotopic (exact) mass is 524 g/mol. The van der Waals surface area contributed by atoms with Gasteiger partial charge in [-0.25, -0.2) is 4.90 Å². The quantitative estimate of drug-likeness (QED) is 0.410. The Morgan fingerprint density at radius 2 is 1.58 bits per heavy atom. The van der Waals surface area contributed by atoms with E-state index in [2.05, 4.69) is 15.9 Å². The lowest BCUT2D eigenvalue weighted by Crippen LogP contribution is -2.45. The fourth-order valence-corrected chi connectivity index (χ4v) is 4.25. The van der Waals surface area contributed by atoms with E-state index >= 15 is 0 Å². The maximum absolute atomic E-state index is 13.4. The lowest BCUT2D eigenvalue weighted by Gasteiger charge is -2.28. The van der Waals surface area contributed by atoms with Gasteiger partial charge in [-0.2, -0.15) is 0 Å². The first-order valence-electron chi connectivity index (χ1n) is 10.5. The van der Waals surface area contributed by atoms with E-state index in [9.17, 15) is 14.4 Å². The van der Waals surface area contributed by atoms with Crippen molar-refractivity contribution in [1.82, 2.24) is 4.90 Å². The molecule has 0 bridgehead atoms. The van der Waals surface area contributed by atoms with Gasteiger partial charge in [0.05, 0.1) is 18.5 Å². The van der Waals surface area contributed by atoms with Crippen molar-refractivity contribution in [3.05, 3.63) is 99.0 Å². The molecular weight excluding hydrogens is 504 g/mol. The molecule has 0 radical (unpaired) electrons. The van der Waals surface area contributed by atoms with Crippen molar-refractivity contribution in [2.45, 2.75) is 32.4 Å². The molecule has 1 unspecified atom stereocenters. The number of carbonyl (C=O) groups is 3. The van der Waals surface area contributed by atoms with Crippen LogP contribution in [-0.2, 0) is 27.3 Å². The normalized spacial score (nSPS) is 15.7. The van der Waals surface area contributed by atoms with Crippen LogP contribution < -0.4 is 4.90 Å². The second-order valence-electron chi connectivity index (χ2n) is 8.07. The van der Waals surface area contributed by atoms with Gasteiger partial charge in [-0.1, -0.05) is 69.5 Å². The zero-order chi connectivity index (χ0) is 23.5. The fraction of sp³-hybridized carbons (Fsp3) is 0.192. The van der Waals surface area contributed by atoms with Crippen LogP contribution in [0.5, 0.6) is 0 Å². The first kappa shape index (κ1) is 23.2. The van der Waals surface area contributed by atoms with E-state index in [0.29, 0.717) is 10.7 Å². The van der Waals surface area contributed by atoms with Crippen molar-refractivity contribution in [3.8, 4) is 0 Å². The van der Waals surface area contributed by atoms with Crippen LogP contribution in [0.2, 0.25) is 5.02 Å². The molecule has 1 fully saturated rings. The molecule has 1 saturated heterocycles. The van der Waals surface area contributed by atoms with Gasteiger partial charge in [0, 0.05) is 16.0 Å². The van der Waals surface area contributed by atoms with E-state index < -0.39 is 6.04 Å². The van der Waals surface area contributed by atoms with E-state index in [0.717, 1.165) is 21.2 Å². The molecule has 0 spiro atoms. The predicted molar refractivity (Wildman–Crippen MR) is 132 cm³/mol. The van der Waals surface area contributed by atoms with Gasteiger partial charge in [-0.3, -0.25) is 14.4 Å². The summed E-state index contributed by atoms with van der Waals surface area (Å²) in [6.45, 7) is 2.23. The molecule has 168 valence electrons. The zero-order valence-electron chi connectivity index (χ0n) is 18.0. The molecule has 0 aromatic heterocycles. The van der Waals surface area contributed by atoms with Crippen molar-refractivity contribution in [2.75, 3.05) is 4.90 Å². The molecule has 33 heavy (non-hydrogen) atoms. The molecule has 7 heteroatoms. The number of rotatable bonds is 6. The first-order chi connectivity index (χ1) is 15.8. The van der Waals surface area contributed by atoms with Crippen molar-refractivity contribution >= 4 is 50.9 Å². The van der Waals surface area contributed by atoms with E-state index in [4.69, 9.17) is 11.6 Å². The minimum absolute atomic E-state index is 0.0485. The molecule has 0 N–H and O–H groups in total. The Balaban J connectivity index is 1.62. The van der Waals surface area contributed by atoms with Crippen LogP contribution in [0, 0.1) is 6.92 Å². The minimum Gasteiger partial charge on any atom is -0.325 e. The fourth-order valence-electron chi connectivity index (χ4n) is 3.86. The number of carbonyl (C=O) groups excluding carboxylic acids is 3. The molecule has 0 saturated carbocycles. The summed E-state index contributed by atoms with van der Waals surface area (Å²) in [5.41, 5.74) is 3.29. The largest absolute Gasteiger partial charge is 0.325 e. The number of aryl methyl sites for hydroxylation is 1. The summed E-state index contributed by atoms with van der Waals surface area (Å²) < 4.78 is 0.848. The Morgan fingerprint density at radius 1 is 0.970 bits per heavy atom. The van der Waals surface area contributed by atoms with Crippen molar-refractivity contribution in [2.24, 2.45) is 0 Å². The number of anilines is 1. The van der Waals surface area contributed by atoms with E-state index in [1.807, 2.05) is 31.2 Å². The highest BCUT2D eigenvalue weighted by Crippen LogP contribution is 2.28. The lowest BCUT2D eigenvalue weighted by atomic mass is 10.1. The van der Waals surface area contributed by atoms with Crippen molar-refractivity contribution in [1.29, 1.82) is 0 Å². The van der Waals surface area contributed by atoms with Gasteiger partial charge in [0.15, 0.2) is 0 Å². The van der Waals surface area contributed by atoms with E-state index in [-0.39, 0.29) is 37.1 Å². The molecule has 4 rings (SSSR count). The SMILES string of the molecule is Cc1ccc(CN(C(=O)Cc2ccc(Cl)cc2)C2CC(=O)N(c3ccc(Br)cc3)C2=O)cc1. The van der Waals surface area contributed by atoms with Gasteiger partial charge in [0.2, 0.25) is 11.8 Å². The van der Waals surface area contributed by atoms with Gasteiger partial charge < -0.3 is 4.90 Å². The highest BCUT2D eigenvalue weighted by atomic mass is 79.9. The highest BCUT2D eigenvalue weighted by Gasteiger charge is 2.44. The Bertz CT molecular complexity index is 1180. The standard InChI is InChI=1S/C26H22BrClN2O3/c1-17-2-4-19(5-3-17)16-29(24(31)14-18-6-10-21(28)11-7-18)23-15-25(32)30(26(23)33)22-12-8-20(27)9-13-22/h2-13,23H,14-16H2,1H3. The summed E-state index contributed by atoms with van der Waals surface area (Å²) in [7, 11) is 0. The predicted octanol–water partition coefficient (Wildman–Crippen LogP) is 5.31. The number of halogens is 2. The lowest BCUT2D eigenvalue weighted by molar-refractivity contribution is -0.138. The van der Waals surface area contributed by atoms with Crippen LogP contribution in [0.15, 0.2) is 77.3 Å². The first-order valence-corrected chi connectivity index (χ1v) is 11.7. The Kier molecular flexibility index (Phi) is 6.96. The number of hydrogen-bond donors (Lipinski definition) is 0. The third-order valence-corrected chi connectivity index (χ3v) is 6.43. The zero-order valence-corrected chi connectivity index (χ0v) is 20.3. The topological polar surface area (TPSA) is 57.7 Å². The molecule has 1 heterocycles. The second kappa shape index (κ2) is 9.89. The van der Waals surface area contributed by atoms with Crippen LogP contribution in [0.4, 0.5) is 5.69 Å². The van der Waals surface area contributed by atoms with Crippen LogP contribution in [0.25, 0.3) is 0 Å². The molecule has 5 nitrogen and oxygen atoms in total. The number of benzene rings is 3. The van der Waals surface area contributed by atoms with Gasteiger partial charge in [-0.05, 0) is 54.4 Å². The second-order valence-corrected chi connectivity index (χ2v) is 9.43. The van der Waals surface area contributed by atoms with Crippen LogP contribution in [0.1, 0.15) is 23.1 Å². The van der Waals surface area contributed by atoms with Crippen molar-refractivity contribution < 1.29 is 14.4 Å². The summed E-state index contributed by atoms with van der Waals surface area (Å²) in [4.78, 5) is 42.3. The summed E-state index contributed by atoms with van der Waals surface area (Å²) in [5.74, 6) is -0.930. The minimum atomic E-state index is -0.859. The highest BCUT2D eigenvalue weighted by molar-refractivity contribution is 9.10. The van der Waals surface area contributed by atoms with Gasteiger partial charge in [0.1, 0.15) is 6.04 Å². The third kappa shape index (κ3) is 5.34. The van der Waals surface area contributed by atoms with Crippen LogP contribution >= 0.6 is 27.5 Å². The van der Waals surface area contributed by atoms with Crippen molar-refractivity contribution in [3.63, 3.8) is 0 Å². The number of amides is 3. The smallest absolute Gasteiger partial charge is 0.257 e. The maximum atomic E-state index is 13.4. The molecule has 1 atom stereocenters. The molecule has 3 amide bonds. The number of nitrogens with zero attached hydrogens (tertiary/aromatic N) is 2. The Hall–Kier alpha value is -2.96. The van der Waals surface area contributed by atoms with Gasteiger partial charge in [-0.15, -0.1) is 0 Å². The molecule has 1 aliphatic heterocycles.